The van der Waals surface area contributed by atoms with Crippen LogP contribution in [-0.2, 0) is 9.47 Å². The van der Waals surface area contributed by atoms with Crippen molar-refractivity contribution in [1.29, 1.82) is 0 Å². The van der Waals surface area contributed by atoms with E-state index >= 15 is 0 Å². The Bertz CT molecular complexity index is 156. The molecule has 0 aromatic carbocycles. The molecule has 0 spiro atoms. The highest BCUT2D eigenvalue weighted by Crippen LogP contribution is 2.13. The van der Waals surface area contributed by atoms with E-state index in [9.17, 15) is 0 Å². The number of hydrogen-bond acceptors (Lipinski definition) is 3. The van der Waals surface area contributed by atoms with E-state index in [1.807, 2.05) is 0 Å². The van der Waals surface area contributed by atoms with Crippen LogP contribution in [-0.4, -0.2) is 38.5 Å². The maximum Gasteiger partial charge on any atom is 0.0962 e. The third kappa shape index (κ3) is 4.96. The molecule has 0 aliphatic carbocycles. The first-order valence-corrected chi connectivity index (χ1v) is 6.16. The lowest BCUT2D eigenvalue weighted by atomic mass is 9.99. The fourth-order valence-electron chi connectivity index (χ4n) is 1.94. The van der Waals surface area contributed by atoms with Crippen LogP contribution in [0.2, 0.25) is 0 Å². The summed E-state index contributed by atoms with van der Waals surface area (Å²) in [5, 5.41) is 3.57. The van der Waals surface area contributed by atoms with Gasteiger partial charge in [0.1, 0.15) is 0 Å². The zero-order valence-corrected chi connectivity index (χ0v) is 10.3. The topological polar surface area (TPSA) is 30.5 Å². The lowest BCUT2D eigenvalue weighted by molar-refractivity contribution is -0.103. The van der Waals surface area contributed by atoms with Gasteiger partial charge in [-0.1, -0.05) is 20.8 Å². The van der Waals surface area contributed by atoms with Crippen LogP contribution in [0.1, 0.15) is 33.6 Å². The van der Waals surface area contributed by atoms with Gasteiger partial charge in [0.25, 0.3) is 0 Å². The molecule has 1 N–H and O–H groups in total. The van der Waals surface area contributed by atoms with E-state index < -0.39 is 0 Å². The first kappa shape index (κ1) is 12.9. The molecule has 1 rings (SSSR count). The third-order valence-corrected chi connectivity index (χ3v) is 2.67. The van der Waals surface area contributed by atoms with E-state index in [-0.39, 0.29) is 6.10 Å². The van der Waals surface area contributed by atoms with Gasteiger partial charge in [0.15, 0.2) is 0 Å². The highest BCUT2D eigenvalue weighted by Gasteiger charge is 2.24. The Balaban J connectivity index is 2.37. The Labute approximate surface area is 93.5 Å². The molecule has 1 heterocycles. The molecule has 2 atom stereocenters. The van der Waals surface area contributed by atoms with Crippen molar-refractivity contribution in [1.82, 2.24) is 5.32 Å². The van der Waals surface area contributed by atoms with Crippen LogP contribution >= 0.6 is 0 Å². The van der Waals surface area contributed by atoms with Gasteiger partial charge in [0, 0.05) is 6.04 Å². The lowest BCUT2D eigenvalue weighted by Gasteiger charge is -2.32. The Morgan fingerprint density at radius 3 is 2.67 bits per heavy atom. The van der Waals surface area contributed by atoms with Crippen LogP contribution in [0.25, 0.3) is 0 Å². The maximum absolute atomic E-state index is 5.75. The summed E-state index contributed by atoms with van der Waals surface area (Å²) in [5.74, 6) is 0.699. The van der Waals surface area contributed by atoms with Crippen molar-refractivity contribution < 1.29 is 9.47 Å². The van der Waals surface area contributed by atoms with Gasteiger partial charge in [-0.15, -0.1) is 0 Å². The Hall–Kier alpha value is -0.120. The molecule has 90 valence electrons. The molecule has 0 aromatic rings. The van der Waals surface area contributed by atoms with Crippen molar-refractivity contribution in [3.8, 4) is 0 Å². The first-order chi connectivity index (χ1) is 7.24. The largest absolute Gasteiger partial charge is 0.376 e. The molecule has 3 heteroatoms. The number of ether oxygens (including phenoxy) is 2. The van der Waals surface area contributed by atoms with E-state index in [0.29, 0.717) is 12.0 Å². The standard InChI is InChI=1S/C12H25NO2/c1-4-5-13-11(8-10(2)3)12-9-14-6-7-15-12/h10-13H,4-9H2,1-3H3. The smallest absolute Gasteiger partial charge is 0.0962 e. The minimum Gasteiger partial charge on any atom is -0.376 e. The summed E-state index contributed by atoms with van der Waals surface area (Å²) in [6.07, 6.45) is 2.57. The summed E-state index contributed by atoms with van der Waals surface area (Å²) in [4.78, 5) is 0. The van der Waals surface area contributed by atoms with Crippen LogP contribution in [0.5, 0.6) is 0 Å². The van der Waals surface area contributed by atoms with Crippen molar-refractivity contribution in [2.45, 2.75) is 45.8 Å². The van der Waals surface area contributed by atoms with Gasteiger partial charge < -0.3 is 14.8 Å². The van der Waals surface area contributed by atoms with Crippen LogP contribution < -0.4 is 5.32 Å². The third-order valence-electron chi connectivity index (χ3n) is 2.67. The minimum absolute atomic E-state index is 0.243. The monoisotopic (exact) mass is 215 g/mol. The summed E-state index contributed by atoms with van der Waals surface area (Å²) in [6, 6.07) is 0.449. The molecule has 0 saturated carbocycles. The average molecular weight is 215 g/mol. The normalized spacial score (nSPS) is 24.4. The fraction of sp³-hybridized carbons (Fsp3) is 1.00. The van der Waals surface area contributed by atoms with E-state index in [1.165, 1.54) is 6.42 Å². The quantitative estimate of drug-likeness (QED) is 0.733. The van der Waals surface area contributed by atoms with Gasteiger partial charge in [-0.3, -0.25) is 0 Å². The average Bonchev–Trinajstić information content (AvgIpc) is 2.25. The van der Waals surface area contributed by atoms with Crippen LogP contribution in [0.4, 0.5) is 0 Å². The lowest BCUT2D eigenvalue weighted by Crippen LogP contribution is -2.47. The first-order valence-electron chi connectivity index (χ1n) is 6.16. The second-order valence-corrected chi connectivity index (χ2v) is 4.67. The summed E-state index contributed by atoms with van der Waals surface area (Å²) in [6.45, 7) is 10.0. The van der Waals surface area contributed by atoms with Crippen LogP contribution in [0.15, 0.2) is 0 Å². The van der Waals surface area contributed by atoms with Gasteiger partial charge in [-0.2, -0.15) is 0 Å². The Kier molecular flexibility index (Phi) is 6.22. The predicted octanol–water partition coefficient (Wildman–Crippen LogP) is 1.82. The molecule has 0 radical (unpaired) electrons. The number of nitrogens with one attached hydrogen (secondary N) is 1. The molecule has 0 amide bonds. The molecule has 3 nitrogen and oxygen atoms in total. The zero-order valence-electron chi connectivity index (χ0n) is 10.3. The van der Waals surface area contributed by atoms with Gasteiger partial charge in [-0.25, -0.2) is 0 Å². The molecule has 15 heavy (non-hydrogen) atoms. The predicted molar refractivity (Wildman–Crippen MR) is 62.1 cm³/mol. The highest BCUT2D eigenvalue weighted by molar-refractivity contribution is 4.79. The molecule has 0 bridgehead atoms. The van der Waals surface area contributed by atoms with E-state index in [2.05, 4.69) is 26.1 Å². The molecular weight excluding hydrogens is 190 g/mol. The maximum atomic E-state index is 5.75. The van der Waals surface area contributed by atoms with Crippen molar-refractivity contribution in [3.63, 3.8) is 0 Å². The van der Waals surface area contributed by atoms with Gasteiger partial charge in [-0.05, 0) is 25.3 Å². The molecular formula is C12H25NO2. The Morgan fingerprint density at radius 2 is 2.13 bits per heavy atom. The molecule has 0 aromatic heterocycles. The van der Waals surface area contributed by atoms with Crippen LogP contribution in [0, 0.1) is 5.92 Å². The SMILES string of the molecule is CCCNC(CC(C)C)C1COCCO1. The summed E-state index contributed by atoms with van der Waals surface area (Å²) in [7, 11) is 0. The van der Waals surface area contributed by atoms with Gasteiger partial charge in [0.2, 0.25) is 0 Å². The summed E-state index contributed by atoms with van der Waals surface area (Å²) >= 11 is 0. The van der Waals surface area contributed by atoms with Gasteiger partial charge >= 0.3 is 0 Å². The minimum atomic E-state index is 0.243. The molecule has 1 saturated heterocycles. The van der Waals surface area contributed by atoms with E-state index in [4.69, 9.17) is 9.47 Å². The van der Waals surface area contributed by atoms with E-state index in [0.717, 1.165) is 32.8 Å². The van der Waals surface area contributed by atoms with Crippen molar-refractivity contribution in [2.75, 3.05) is 26.4 Å². The van der Waals surface area contributed by atoms with E-state index in [1.54, 1.807) is 0 Å². The fourth-order valence-corrected chi connectivity index (χ4v) is 1.94. The van der Waals surface area contributed by atoms with Crippen molar-refractivity contribution in [2.24, 2.45) is 5.92 Å². The second kappa shape index (κ2) is 7.20. The molecule has 2 unspecified atom stereocenters. The highest BCUT2D eigenvalue weighted by atomic mass is 16.6. The second-order valence-electron chi connectivity index (χ2n) is 4.67. The number of rotatable bonds is 6. The van der Waals surface area contributed by atoms with Crippen LogP contribution in [0.3, 0.4) is 0 Å². The Morgan fingerprint density at radius 1 is 1.33 bits per heavy atom. The summed E-state index contributed by atoms with van der Waals surface area (Å²) in [5.41, 5.74) is 0. The molecule has 1 aliphatic rings. The van der Waals surface area contributed by atoms with Crippen molar-refractivity contribution in [3.05, 3.63) is 0 Å². The zero-order chi connectivity index (χ0) is 11.1. The number of hydrogen-bond donors (Lipinski definition) is 1. The van der Waals surface area contributed by atoms with Gasteiger partial charge in [0.05, 0.1) is 25.9 Å². The molecule has 1 fully saturated rings. The molecule has 1 aliphatic heterocycles. The summed E-state index contributed by atoms with van der Waals surface area (Å²) < 4.78 is 11.2. The van der Waals surface area contributed by atoms with Crippen molar-refractivity contribution >= 4 is 0 Å².